The van der Waals surface area contributed by atoms with Gasteiger partial charge in [-0.15, -0.1) is 0 Å². The molecule has 1 heterocycles. The lowest BCUT2D eigenvalue weighted by Crippen LogP contribution is -2.22. The zero-order chi connectivity index (χ0) is 18.0. The smallest absolute Gasteiger partial charge is 0.262 e. The van der Waals surface area contributed by atoms with Crippen LogP contribution >= 0.6 is 11.8 Å². The molecule has 128 valence electrons. The summed E-state index contributed by atoms with van der Waals surface area (Å²) in [7, 11) is 0. The van der Waals surface area contributed by atoms with Crippen LogP contribution in [0.5, 0.6) is 0 Å². The Morgan fingerprint density at radius 2 is 1.92 bits per heavy atom. The van der Waals surface area contributed by atoms with Crippen LogP contribution in [0.4, 0.5) is 0 Å². The maximum atomic E-state index is 12.6. The van der Waals surface area contributed by atoms with Crippen LogP contribution < -0.4 is 5.56 Å². The fourth-order valence-electron chi connectivity index (χ4n) is 2.78. The Morgan fingerprint density at radius 3 is 2.68 bits per heavy atom. The van der Waals surface area contributed by atoms with E-state index in [9.17, 15) is 9.59 Å². The van der Waals surface area contributed by atoms with Crippen LogP contribution in [0.2, 0.25) is 0 Å². The minimum atomic E-state index is -0.0604. The number of nitrogens with zero attached hydrogens (tertiary/aromatic N) is 2. The van der Waals surface area contributed by atoms with Gasteiger partial charge in [0.2, 0.25) is 0 Å². The molecule has 0 N–H and O–H groups in total. The number of carbonyl (C=O) groups excluding carboxylic acids is 1. The van der Waals surface area contributed by atoms with Crippen LogP contribution in [-0.4, -0.2) is 21.1 Å². The topological polar surface area (TPSA) is 52.0 Å². The third-order valence-corrected chi connectivity index (χ3v) is 5.15. The number of benzene rings is 2. The zero-order valence-corrected chi connectivity index (χ0v) is 15.4. The van der Waals surface area contributed by atoms with E-state index < -0.39 is 0 Å². The second-order valence-corrected chi connectivity index (χ2v) is 6.93. The van der Waals surface area contributed by atoms with Crippen molar-refractivity contribution >= 4 is 28.4 Å². The molecular weight excluding hydrogens is 332 g/mol. The largest absolute Gasteiger partial charge is 0.293 e. The van der Waals surface area contributed by atoms with Gasteiger partial charge in [-0.05, 0) is 44.5 Å². The lowest BCUT2D eigenvalue weighted by molar-refractivity contribution is 0.102. The molecule has 25 heavy (non-hydrogen) atoms. The minimum Gasteiger partial charge on any atom is -0.293 e. The van der Waals surface area contributed by atoms with E-state index in [4.69, 9.17) is 0 Å². The molecule has 0 saturated heterocycles. The Morgan fingerprint density at radius 1 is 1.16 bits per heavy atom. The lowest BCUT2D eigenvalue weighted by Gasteiger charge is -2.11. The number of Topliss-reactive ketones (excluding diaryl/α,β-unsaturated/α-hetero) is 1. The predicted molar refractivity (Wildman–Crippen MR) is 103 cm³/mol. The number of hydrogen-bond donors (Lipinski definition) is 0. The standard InChI is InChI=1S/C20H20N2O2S/c1-4-22-19(24)15-7-5-6-8-17(15)21-20(22)25-12-18(23)16-11-13(2)9-10-14(16)3/h5-11H,4,12H2,1-3H3. The van der Waals surface area contributed by atoms with Gasteiger partial charge in [0.15, 0.2) is 10.9 Å². The number of thioether (sulfide) groups is 1. The summed E-state index contributed by atoms with van der Waals surface area (Å²) in [6, 6.07) is 13.2. The highest BCUT2D eigenvalue weighted by molar-refractivity contribution is 7.99. The summed E-state index contributed by atoms with van der Waals surface area (Å²) in [5, 5.41) is 1.19. The molecular formula is C20H20N2O2S. The molecule has 1 aromatic heterocycles. The summed E-state index contributed by atoms with van der Waals surface area (Å²) in [5.41, 5.74) is 3.37. The van der Waals surface area contributed by atoms with E-state index in [0.717, 1.165) is 16.7 Å². The lowest BCUT2D eigenvalue weighted by atomic mass is 10.0. The summed E-state index contributed by atoms with van der Waals surface area (Å²) in [5.74, 6) is 0.311. The van der Waals surface area contributed by atoms with Crippen LogP contribution in [0.15, 0.2) is 52.4 Å². The van der Waals surface area contributed by atoms with Gasteiger partial charge in [-0.2, -0.15) is 0 Å². The molecule has 0 atom stereocenters. The molecule has 0 unspecified atom stereocenters. The summed E-state index contributed by atoms with van der Waals surface area (Å²) in [6.45, 7) is 6.35. The highest BCUT2D eigenvalue weighted by Crippen LogP contribution is 2.20. The maximum Gasteiger partial charge on any atom is 0.262 e. The van der Waals surface area contributed by atoms with Crippen molar-refractivity contribution in [3.05, 3.63) is 69.5 Å². The number of fused-ring (bicyclic) bond motifs is 1. The van der Waals surface area contributed by atoms with Crippen molar-refractivity contribution in [2.45, 2.75) is 32.5 Å². The number of aromatic nitrogens is 2. The Kier molecular flexibility index (Phi) is 5.04. The van der Waals surface area contributed by atoms with E-state index in [2.05, 4.69) is 4.98 Å². The highest BCUT2D eigenvalue weighted by Gasteiger charge is 2.14. The molecule has 0 bridgehead atoms. The SMILES string of the molecule is CCn1c(SCC(=O)c2cc(C)ccc2C)nc2ccccc2c1=O. The van der Waals surface area contributed by atoms with E-state index in [1.807, 2.05) is 57.2 Å². The summed E-state index contributed by atoms with van der Waals surface area (Å²) in [4.78, 5) is 29.8. The normalized spacial score (nSPS) is 11.0. The highest BCUT2D eigenvalue weighted by atomic mass is 32.2. The van der Waals surface area contributed by atoms with Crippen molar-refractivity contribution in [1.82, 2.24) is 9.55 Å². The summed E-state index contributed by atoms with van der Waals surface area (Å²) in [6.07, 6.45) is 0. The molecule has 0 amide bonds. The van der Waals surface area contributed by atoms with Crippen molar-refractivity contribution < 1.29 is 4.79 Å². The Balaban J connectivity index is 1.91. The van der Waals surface area contributed by atoms with Gasteiger partial charge in [0.05, 0.1) is 16.7 Å². The van der Waals surface area contributed by atoms with E-state index in [-0.39, 0.29) is 17.1 Å². The molecule has 0 aliphatic heterocycles. The quantitative estimate of drug-likeness (QED) is 0.395. The van der Waals surface area contributed by atoms with Crippen LogP contribution in [0.25, 0.3) is 10.9 Å². The third-order valence-electron chi connectivity index (χ3n) is 4.17. The maximum absolute atomic E-state index is 12.6. The van der Waals surface area contributed by atoms with Crippen molar-refractivity contribution in [3.63, 3.8) is 0 Å². The second kappa shape index (κ2) is 7.23. The molecule has 3 rings (SSSR count). The van der Waals surface area contributed by atoms with Crippen molar-refractivity contribution in [2.24, 2.45) is 0 Å². The molecule has 0 aliphatic rings. The molecule has 3 aromatic rings. The Hall–Kier alpha value is -2.40. The van der Waals surface area contributed by atoms with E-state index in [1.165, 1.54) is 11.8 Å². The van der Waals surface area contributed by atoms with E-state index in [0.29, 0.717) is 22.6 Å². The molecule has 5 heteroatoms. The van der Waals surface area contributed by atoms with Crippen molar-refractivity contribution in [2.75, 3.05) is 5.75 Å². The first kappa shape index (κ1) is 17.4. The molecule has 0 aliphatic carbocycles. The average molecular weight is 352 g/mol. The molecule has 0 radical (unpaired) electrons. The van der Waals surface area contributed by atoms with Gasteiger partial charge in [-0.25, -0.2) is 4.98 Å². The molecule has 0 fully saturated rings. The summed E-state index contributed by atoms with van der Waals surface area (Å²) < 4.78 is 1.63. The van der Waals surface area contributed by atoms with Gasteiger partial charge in [0.1, 0.15) is 0 Å². The molecule has 0 spiro atoms. The number of para-hydroxylation sites is 1. The van der Waals surface area contributed by atoms with Gasteiger partial charge in [-0.3, -0.25) is 14.2 Å². The Labute approximate surface area is 150 Å². The van der Waals surface area contributed by atoms with Crippen LogP contribution in [-0.2, 0) is 6.54 Å². The van der Waals surface area contributed by atoms with Gasteiger partial charge < -0.3 is 0 Å². The van der Waals surface area contributed by atoms with Gasteiger partial charge >= 0.3 is 0 Å². The number of aryl methyl sites for hydroxylation is 2. The Bertz CT molecular complexity index is 1010. The van der Waals surface area contributed by atoms with Gasteiger partial charge in [0.25, 0.3) is 5.56 Å². The molecule has 4 nitrogen and oxygen atoms in total. The number of rotatable bonds is 5. The number of ketones is 1. The molecule has 0 saturated carbocycles. The minimum absolute atomic E-state index is 0.0521. The first-order chi connectivity index (χ1) is 12.0. The third kappa shape index (κ3) is 3.51. The van der Waals surface area contributed by atoms with E-state index in [1.54, 1.807) is 10.6 Å². The monoisotopic (exact) mass is 352 g/mol. The van der Waals surface area contributed by atoms with Crippen molar-refractivity contribution in [1.29, 1.82) is 0 Å². The zero-order valence-electron chi connectivity index (χ0n) is 14.6. The first-order valence-corrected chi connectivity index (χ1v) is 9.22. The predicted octanol–water partition coefficient (Wildman–Crippen LogP) is 4.01. The van der Waals surface area contributed by atoms with Gasteiger partial charge in [-0.1, -0.05) is 41.6 Å². The van der Waals surface area contributed by atoms with Crippen LogP contribution in [0.3, 0.4) is 0 Å². The van der Waals surface area contributed by atoms with E-state index >= 15 is 0 Å². The van der Waals surface area contributed by atoms with Crippen molar-refractivity contribution in [3.8, 4) is 0 Å². The fraction of sp³-hybridized carbons (Fsp3) is 0.250. The second-order valence-electron chi connectivity index (χ2n) is 5.99. The average Bonchev–Trinajstić information content (AvgIpc) is 2.62. The van der Waals surface area contributed by atoms with Gasteiger partial charge in [0, 0.05) is 12.1 Å². The fourth-order valence-corrected chi connectivity index (χ4v) is 3.73. The number of carbonyl (C=O) groups is 1. The summed E-state index contributed by atoms with van der Waals surface area (Å²) >= 11 is 1.32. The number of hydrogen-bond acceptors (Lipinski definition) is 4. The van der Waals surface area contributed by atoms with Crippen LogP contribution in [0, 0.1) is 13.8 Å². The molecule has 2 aromatic carbocycles. The first-order valence-electron chi connectivity index (χ1n) is 8.24. The van der Waals surface area contributed by atoms with Crippen LogP contribution in [0.1, 0.15) is 28.4 Å².